The molecule has 0 amide bonds. The summed E-state index contributed by atoms with van der Waals surface area (Å²) in [4.78, 5) is 2.17. The average molecular weight is 205 g/mol. The molecule has 0 saturated carbocycles. The molecular weight excluding hydrogens is 187 g/mol. The first-order chi connectivity index (χ1) is 4.85. The molecule has 6 N–H and O–H groups in total. The van der Waals surface area contributed by atoms with Crippen molar-refractivity contribution in [2.45, 2.75) is 0 Å². The average Bonchev–Trinajstić information content (AvgIpc) is 1.90. The van der Waals surface area contributed by atoms with Crippen LogP contribution < -0.4 is 17.2 Å². The summed E-state index contributed by atoms with van der Waals surface area (Å²) in [7, 11) is 0. The molecule has 4 nitrogen and oxygen atoms in total. The molecule has 72 valence electrons. The Morgan fingerprint density at radius 3 is 1.18 bits per heavy atom. The maximum atomic E-state index is 5.37. The quantitative estimate of drug-likeness (QED) is 0.445. The Bertz CT molecular complexity index is 57.3. The Labute approximate surface area is 78.4 Å². The third-order valence-corrected chi connectivity index (χ3v) is 1.34. The molecule has 0 aromatic rings. The Kier molecular flexibility index (Phi) is 13.1. The van der Waals surface area contributed by atoms with Crippen LogP contribution in [0.25, 0.3) is 0 Å². The third kappa shape index (κ3) is 8.24. The monoisotopic (exact) mass is 204 g/mol. The van der Waals surface area contributed by atoms with Gasteiger partial charge in [-0.15, -0.1) is 0 Å². The molecule has 0 fully saturated rings. The van der Waals surface area contributed by atoms with E-state index in [9.17, 15) is 0 Å². The van der Waals surface area contributed by atoms with Gasteiger partial charge in [-0.3, -0.25) is 4.90 Å². The molecule has 0 aromatic heterocycles. The van der Waals surface area contributed by atoms with Crippen molar-refractivity contribution in [1.29, 1.82) is 0 Å². The summed E-state index contributed by atoms with van der Waals surface area (Å²) in [5.41, 5.74) is 16.1. The molecule has 5 heteroatoms. The summed E-state index contributed by atoms with van der Waals surface area (Å²) in [5.74, 6) is 0. The van der Waals surface area contributed by atoms with Crippen LogP contribution in [0.1, 0.15) is 0 Å². The summed E-state index contributed by atoms with van der Waals surface area (Å²) in [6.07, 6.45) is 0. The van der Waals surface area contributed by atoms with Crippen LogP contribution in [0.2, 0.25) is 0 Å². The van der Waals surface area contributed by atoms with E-state index in [0.29, 0.717) is 19.6 Å². The van der Waals surface area contributed by atoms with E-state index in [-0.39, 0.29) is 16.5 Å². The molecule has 0 aliphatic heterocycles. The molecule has 11 heavy (non-hydrogen) atoms. The number of rotatable bonds is 6. The van der Waals surface area contributed by atoms with Crippen LogP contribution in [0.3, 0.4) is 0 Å². The summed E-state index contributed by atoms with van der Waals surface area (Å²) in [5, 5.41) is 0. The Hall–Kier alpha value is 0.334. The van der Waals surface area contributed by atoms with E-state index in [1.54, 1.807) is 0 Å². The van der Waals surface area contributed by atoms with Gasteiger partial charge < -0.3 is 17.2 Å². The largest absolute Gasteiger partial charge is 0.329 e. The molecule has 0 spiro atoms. The van der Waals surface area contributed by atoms with Gasteiger partial charge in [-0.25, -0.2) is 0 Å². The van der Waals surface area contributed by atoms with Gasteiger partial charge >= 0.3 is 0 Å². The first kappa shape index (κ1) is 13.9. The van der Waals surface area contributed by atoms with Crippen LogP contribution in [0, 0.1) is 0 Å². The number of nitrogens with zero attached hydrogens (tertiary/aromatic N) is 1. The molecular formula is C6H18N4Ni. The van der Waals surface area contributed by atoms with Gasteiger partial charge in [0.1, 0.15) is 0 Å². The predicted molar refractivity (Wildman–Crippen MR) is 43.6 cm³/mol. The second-order valence-electron chi connectivity index (χ2n) is 2.21. The molecule has 0 heterocycles. The number of hydrogen-bond acceptors (Lipinski definition) is 4. The van der Waals surface area contributed by atoms with E-state index < -0.39 is 0 Å². The van der Waals surface area contributed by atoms with Gasteiger partial charge in [-0.2, -0.15) is 0 Å². The van der Waals surface area contributed by atoms with Gasteiger partial charge in [-0.05, 0) is 0 Å². The van der Waals surface area contributed by atoms with Crippen molar-refractivity contribution in [2.24, 2.45) is 17.2 Å². The van der Waals surface area contributed by atoms with Crippen molar-refractivity contribution in [3.05, 3.63) is 0 Å². The summed E-state index contributed by atoms with van der Waals surface area (Å²) in [6, 6.07) is 0. The summed E-state index contributed by atoms with van der Waals surface area (Å²) >= 11 is 0. The fourth-order valence-corrected chi connectivity index (χ4v) is 0.883. The van der Waals surface area contributed by atoms with E-state index >= 15 is 0 Å². The second-order valence-corrected chi connectivity index (χ2v) is 2.21. The minimum Gasteiger partial charge on any atom is -0.329 e. The van der Waals surface area contributed by atoms with Crippen molar-refractivity contribution in [2.75, 3.05) is 39.3 Å². The summed E-state index contributed by atoms with van der Waals surface area (Å²) < 4.78 is 0. The SMILES string of the molecule is NCCN(CCN)CCN.[Ni]. The van der Waals surface area contributed by atoms with Crippen LogP contribution in [-0.4, -0.2) is 44.2 Å². The van der Waals surface area contributed by atoms with Crippen molar-refractivity contribution in [1.82, 2.24) is 4.90 Å². The molecule has 0 aromatic carbocycles. The molecule has 0 aliphatic carbocycles. The van der Waals surface area contributed by atoms with Crippen LogP contribution in [0.15, 0.2) is 0 Å². The topological polar surface area (TPSA) is 81.3 Å². The predicted octanol–water partition coefficient (Wildman–Crippen LogP) is -1.84. The van der Waals surface area contributed by atoms with E-state index in [1.165, 1.54) is 0 Å². The van der Waals surface area contributed by atoms with Gasteiger partial charge in [0.2, 0.25) is 0 Å². The zero-order valence-electron chi connectivity index (χ0n) is 6.74. The minimum atomic E-state index is 0. The maximum Gasteiger partial charge on any atom is 0.0106 e. The van der Waals surface area contributed by atoms with Crippen LogP contribution in [0.4, 0.5) is 0 Å². The Balaban J connectivity index is 0. The zero-order valence-corrected chi connectivity index (χ0v) is 7.73. The van der Waals surface area contributed by atoms with Gasteiger partial charge in [0, 0.05) is 55.8 Å². The van der Waals surface area contributed by atoms with Crippen molar-refractivity contribution in [3.63, 3.8) is 0 Å². The molecule has 0 saturated heterocycles. The number of hydrogen-bond donors (Lipinski definition) is 3. The van der Waals surface area contributed by atoms with Crippen molar-refractivity contribution in [3.8, 4) is 0 Å². The van der Waals surface area contributed by atoms with Gasteiger partial charge in [0.05, 0.1) is 0 Å². The molecule has 0 bridgehead atoms. The van der Waals surface area contributed by atoms with E-state index in [0.717, 1.165) is 19.6 Å². The van der Waals surface area contributed by atoms with E-state index in [4.69, 9.17) is 17.2 Å². The summed E-state index contributed by atoms with van der Waals surface area (Å²) in [6.45, 7) is 4.73. The molecule has 0 atom stereocenters. The van der Waals surface area contributed by atoms with Crippen LogP contribution in [0.5, 0.6) is 0 Å². The second kappa shape index (κ2) is 10.3. The maximum absolute atomic E-state index is 5.37. The number of nitrogens with two attached hydrogens (primary N) is 3. The zero-order chi connectivity index (χ0) is 7.82. The minimum absolute atomic E-state index is 0. The fourth-order valence-electron chi connectivity index (χ4n) is 0.883. The Morgan fingerprint density at radius 1 is 0.727 bits per heavy atom. The molecule has 0 rings (SSSR count). The van der Waals surface area contributed by atoms with Crippen LogP contribution >= 0.6 is 0 Å². The first-order valence-corrected chi connectivity index (χ1v) is 3.67. The van der Waals surface area contributed by atoms with Crippen LogP contribution in [-0.2, 0) is 16.5 Å². The van der Waals surface area contributed by atoms with Gasteiger partial charge in [0.15, 0.2) is 0 Å². The van der Waals surface area contributed by atoms with Gasteiger partial charge in [0.25, 0.3) is 0 Å². The molecule has 0 radical (unpaired) electrons. The first-order valence-electron chi connectivity index (χ1n) is 3.67. The van der Waals surface area contributed by atoms with E-state index in [2.05, 4.69) is 4.90 Å². The standard InChI is InChI=1S/C6H18N4.Ni/c7-1-4-10(5-2-8)6-3-9;/h1-9H2;. The Morgan fingerprint density at radius 2 is 1.00 bits per heavy atom. The third-order valence-electron chi connectivity index (χ3n) is 1.34. The van der Waals surface area contributed by atoms with E-state index in [1.807, 2.05) is 0 Å². The molecule has 0 aliphatic rings. The smallest absolute Gasteiger partial charge is 0.0106 e. The van der Waals surface area contributed by atoms with Crippen molar-refractivity contribution < 1.29 is 16.5 Å². The van der Waals surface area contributed by atoms with Gasteiger partial charge in [-0.1, -0.05) is 0 Å². The molecule has 0 unspecified atom stereocenters. The fraction of sp³-hybridized carbons (Fsp3) is 1.00. The van der Waals surface area contributed by atoms with Crippen molar-refractivity contribution >= 4 is 0 Å². The normalized spacial score (nSPS) is 9.82.